The lowest BCUT2D eigenvalue weighted by atomic mass is 10.1. The molecule has 0 bridgehead atoms. The van der Waals surface area contributed by atoms with E-state index in [2.05, 4.69) is 15.5 Å². The van der Waals surface area contributed by atoms with Crippen LogP contribution in [0, 0.1) is 13.8 Å². The van der Waals surface area contributed by atoms with Crippen LogP contribution in [0.4, 0.5) is 18.9 Å². The van der Waals surface area contributed by atoms with Gasteiger partial charge in [-0.2, -0.15) is 23.4 Å². The summed E-state index contributed by atoms with van der Waals surface area (Å²) < 4.78 is 48.8. The Kier molecular flexibility index (Phi) is 6.44. The number of rotatable bonds is 6. The lowest BCUT2D eigenvalue weighted by Crippen LogP contribution is -2.21. The molecule has 0 saturated heterocycles. The van der Waals surface area contributed by atoms with Gasteiger partial charge in [-0.25, -0.2) is 4.68 Å². The second-order valence-corrected chi connectivity index (χ2v) is 8.35. The van der Waals surface area contributed by atoms with E-state index in [-0.39, 0.29) is 18.8 Å². The first-order chi connectivity index (χ1) is 15.7. The van der Waals surface area contributed by atoms with Crippen molar-refractivity contribution in [3.8, 4) is 5.75 Å². The van der Waals surface area contributed by atoms with E-state index in [0.29, 0.717) is 30.6 Å². The molecule has 33 heavy (non-hydrogen) atoms. The smallest absolute Gasteiger partial charge is 0.435 e. The van der Waals surface area contributed by atoms with Crippen LogP contribution < -0.4 is 10.1 Å². The summed E-state index contributed by atoms with van der Waals surface area (Å²) >= 11 is 0. The van der Waals surface area contributed by atoms with Gasteiger partial charge in [-0.3, -0.25) is 9.48 Å². The first-order valence-corrected chi connectivity index (χ1v) is 10.9. The molecule has 10 heteroatoms. The maximum absolute atomic E-state index is 13.4. The Hall–Kier alpha value is -3.30. The van der Waals surface area contributed by atoms with E-state index in [9.17, 15) is 18.0 Å². The molecule has 0 fully saturated rings. The number of hydrogen-bond acceptors (Lipinski definition) is 4. The molecule has 7 nitrogen and oxygen atoms in total. The summed E-state index contributed by atoms with van der Waals surface area (Å²) in [6, 6.07) is 5.86. The Morgan fingerprint density at radius 3 is 2.73 bits per heavy atom. The molecule has 2 heterocycles. The lowest BCUT2D eigenvalue weighted by molar-refractivity contribution is -0.142. The Morgan fingerprint density at radius 1 is 1.18 bits per heavy atom. The van der Waals surface area contributed by atoms with E-state index in [0.717, 1.165) is 29.7 Å². The number of alkyl halides is 3. The van der Waals surface area contributed by atoms with Crippen molar-refractivity contribution in [1.82, 2.24) is 19.6 Å². The zero-order valence-electron chi connectivity index (χ0n) is 18.6. The zero-order chi connectivity index (χ0) is 23.6. The number of aromatic nitrogens is 4. The molecule has 176 valence electrons. The second-order valence-electron chi connectivity index (χ2n) is 8.35. The number of ether oxygens (including phenoxy) is 1. The van der Waals surface area contributed by atoms with Crippen LogP contribution in [-0.2, 0) is 37.1 Å². The maximum Gasteiger partial charge on any atom is 0.435 e. The molecule has 0 spiro atoms. The minimum absolute atomic E-state index is 0.154. The van der Waals surface area contributed by atoms with Crippen LogP contribution in [0.5, 0.6) is 5.75 Å². The second kappa shape index (κ2) is 9.29. The van der Waals surface area contributed by atoms with Gasteiger partial charge >= 0.3 is 6.18 Å². The van der Waals surface area contributed by atoms with Crippen molar-refractivity contribution in [3.05, 3.63) is 58.7 Å². The van der Waals surface area contributed by atoms with E-state index >= 15 is 0 Å². The Balaban J connectivity index is 1.41. The number of anilines is 1. The minimum atomic E-state index is -4.53. The Bertz CT molecular complexity index is 1150. The van der Waals surface area contributed by atoms with Crippen LogP contribution in [-0.4, -0.2) is 25.5 Å². The third-order valence-corrected chi connectivity index (χ3v) is 5.67. The predicted molar refractivity (Wildman–Crippen MR) is 116 cm³/mol. The highest BCUT2D eigenvalue weighted by atomic mass is 19.4. The van der Waals surface area contributed by atoms with Crippen LogP contribution in [0.25, 0.3) is 0 Å². The SMILES string of the molecule is Cc1ccc(OCn2cc(NC(=O)Cn3nc(C(F)(F)F)c4c3CCCCC4)cn2)c(C)c1. The molecule has 1 aromatic carbocycles. The molecule has 1 aliphatic carbocycles. The number of fused-ring (bicyclic) bond motifs is 1. The monoisotopic (exact) mass is 461 g/mol. The lowest BCUT2D eigenvalue weighted by Gasteiger charge is -2.09. The predicted octanol–water partition coefficient (Wildman–Crippen LogP) is 4.66. The quantitative estimate of drug-likeness (QED) is 0.542. The molecular formula is C23H26F3N5O2. The highest BCUT2D eigenvalue weighted by molar-refractivity contribution is 5.90. The van der Waals surface area contributed by atoms with Gasteiger partial charge in [0, 0.05) is 11.3 Å². The van der Waals surface area contributed by atoms with E-state index in [1.165, 1.54) is 15.6 Å². The standard InChI is InChI=1S/C23H26F3N5O2/c1-15-8-9-20(16(2)10-15)33-14-30-12-17(11-27-30)28-21(32)13-31-19-7-5-3-4-6-18(19)22(29-31)23(24,25)26/h8-12H,3-7,13-14H2,1-2H3,(H,28,32). The molecular weight excluding hydrogens is 435 g/mol. The summed E-state index contributed by atoms with van der Waals surface area (Å²) in [5, 5.41) is 10.6. The van der Waals surface area contributed by atoms with Crippen LogP contribution in [0.1, 0.15) is 47.3 Å². The summed E-state index contributed by atoms with van der Waals surface area (Å²) in [5.74, 6) is 0.273. The van der Waals surface area contributed by atoms with Gasteiger partial charge in [0.05, 0.1) is 18.1 Å². The van der Waals surface area contributed by atoms with Gasteiger partial charge < -0.3 is 10.1 Å². The number of carbonyl (C=O) groups excluding carboxylic acids is 1. The van der Waals surface area contributed by atoms with Gasteiger partial charge in [-0.1, -0.05) is 24.1 Å². The van der Waals surface area contributed by atoms with Crippen molar-refractivity contribution >= 4 is 11.6 Å². The summed E-state index contributed by atoms with van der Waals surface area (Å²) in [6.45, 7) is 3.82. The van der Waals surface area contributed by atoms with Gasteiger partial charge in [0.25, 0.3) is 0 Å². The van der Waals surface area contributed by atoms with Crippen LogP contribution >= 0.6 is 0 Å². The van der Waals surface area contributed by atoms with Gasteiger partial charge in [-0.05, 0) is 51.2 Å². The number of nitrogens with one attached hydrogen (secondary N) is 1. The van der Waals surface area contributed by atoms with E-state index in [1.54, 1.807) is 6.20 Å². The van der Waals surface area contributed by atoms with Crippen LogP contribution in [0.3, 0.4) is 0 Å². The largest absolute Gasteiger partial charge is 0.471 e. The van der Waals surface area contributed by atoms with Crippen molar-refractivity contribution in [1.29, 1.82) is 0 Å². The summed E-state index contributed by atoms with van der Waals surface area (Å²) in [5.41, 5.74) is 2.44. The van der Waals surface area contributed by atoms with E-state index < -0.39 is 17.8 Å². The fraction of sp³-hybridized carbons (Fsp3) is 0.435. The molecule has 2 aromatic heterocycles. The van der Waals surface area contributed by atoms with Crippen molar-refractivity contribution in [3.63, 3.8) is 0 Å². The normalized spacial score (nSPS) is 14.0. The molecule has 3 aromatic rings. The van der Waals surface area contributed by atoms with Crippen molar-refractivity contribution in [2.45, 2.75) is 65.4 Å². The molecule has 0 atom stereocenters. The summed E-state index contributed by atoms with van der Waals surface area (Å²) in [7, 11) is 0. The molecule has 0 aliphatic heterocycles. The maximum atomic E-state index is 13.4. The van der Waals surface area contributed by atoms with Crippen molar-refractivity contribution < 1.29 is 22.7 Å². The number of carbonyl (C=O) groups is 1. The fourth-order valence-electron chi connectivity index (χ4n) is 4.14. The minimum Gasteiger partial charge on any atom is -0.471 e. The van der Waals surface area contributed by atoms with Crippen molar-refractivity contribution in [2.24, 2.45) is 0 Å². The molecule has 1 amide bonds. The average molecular weight is 461 g/mol. The first kappa shape index (κ1) is 22.9. The third kappa shape index (κ3) is 5.37. The number of aryl methyl sites for hydroxylation is 2. The summed E-state index contributed by atoms with van der Waals surface area (Å²) in [6.07, 6.45) is 1.69. The number of amides is 1. The molecule has 1 aliphatic rings. The van der Waals surface area contributed by atoms with Gasteiger partial charge in [0.2, 0.25) is 5.91 Å². The Labute approximate surface area is 189 Å². The highest BCUT2D eigenvalue weighted by Gasteiger charge is 2.39. The topological polar surface area (TPSA) is 74.0 Å². The molecule has 0 saturated carbocycles. The first-order valence-electron chi connectivity index (χ1n) is 10.9. The highest BCUT2D eigenvalue weighted by Crippen LogP contribution is 2.35. The zero-order valence-corrected chi connectivity index (χ0v) is 18.6. The Morgan fingerprint density at radius 2 is 1.97 bits per heavy atom. The molecule has 4 rings (SSSR count). The summed E-state index contributed by atoms with van der Waals surface area (Å²) in [4.78, 5) is 12.6. The van der Waals surface area contributed by atoms with Crippen LogP contribution in [0.2, 0.25) is 0 Å². The van der Waals surface area contributed by atoms with Crippen LogP contribution in [0.15, 0.2) is 30.6 Å². The fourth-order valence-corrected chi connectivity index (χ4v) is 4.14. The number of benzene rings is 1. The molecule has 0 unspecified atom stereocenters. The van der Waals surface area contributed by atoms with Gasteiger partial charge in [0.1, 0.15) is 12.3 Å². The van der Waals surface area contributed by atoms with Gasteiger partial charge in [-0.15, -0.1) is 0 Å². The van der Waals surface area contributed by atoms with Crippen molar-refractivity contribution in [2.75, 3.05) is 5.32 Å². The number of nitrogens with zero attached hydrogens (tertiary/aromatic N) is 4. The molecule has 1 N–H and O–H groups in total. The number of hydrogen-bond donors (Lipinski definition) is 1. The number of halogens is 3. The van der Waals surface area contributed by atoms with Gasteiger partial charge in [0.15, 0.2) is 12.4 Å². The molecule has 0 radical (unpaired) electrons. The van der Waals surface area contributed by atoms with E-state index in [4.69, 9.17) is 4.74 Å². The van der Waals surface area contributed by atoms with E-state index in [1.807, 2.05) is 32.0 Å². The average Bonchev–Trinajstić information content (AvgIpc) is 3.23. The third-order valence-electron chi connectivity index (χ3n) is 5.67.